The van der Waals surface area contributed by atoms with E-state index in [-0.39, 0.29) is 0 Å². The zero-order valence-corrected chi connectivity index (χ0v) is 14.0. The Bertz CT molecular complexity index is 850. The third kappa shape index (κ3) is 2.45. The second-order valence-corrected chi connectivity index (χ2v) is 8.45. The molecule has 2 fully saturated rings. The van der Waals surface area contributed by atoms with E-state index in [0.29, 0.717) is 29.9 Å². The first-order chi connectivity index (χ1) is 11.1. The monoisotopic (exact) mass is 331 g/mol. The molecule has 1 aromatic carbocycles. The molecule has 2 aromatic rings. The highest BCUT2D eigenvalue weighted by Crippen LogP contribution is 2.31. The number of fused-ring (bicyclic) bond motifs is 2. The van der Waals surface area contributed by atoms with Gasteiger partial charge in [-0.25, -0.2) is 8.42 Å². The molecular formula is C17H21N3O2S. The van der Waals surface area contributed by atoms with Crippen LogP contribution in [0.2, 0.25) is 0 Å². The van der Waals surface area contributed by atoms with Gasteiger partial charge >= 0.3 is 0 Å². The van der Waals surface area contributed by atoms with E-state index in [9.17, 15) is 8.42 Å². The van der Waals surface area contributed by atoms with Crippen molar-refractivity contribution in [2.75, 3.05) is 19.6 Å². The minimum atomic E-state index is -3.48. The summed E-state index contributed by atoms with van der Waals surface area (Å²) in [4.78, 5) is 4.75. The quantitative estimate of drug-likeness (QED) is 0.913. The second kappa shape index (κ2) is 5.54. The first kappa shape index (κ1) is 15.1. The minimum Gasteiger partial charge on any atom is -0.314 e. The Labute approximate surface area is 136 Å². The smallest absolute Gasteiger partial charge is 0.243 e. The number of sulfonamides is 1. The highest BCUT2D eigenvalue weighted by atomic mass is 32.2. The Kier molecular flexibility index (Phi) is 3.63. The second-order valence-electron chi connectivity index (χ2n) is 6.54. The standard InChI is InChI=1S/C17H21N3O2S/c1-12-4-5-16(14-3-2-8-19-17(12)14)23(21,22)20-10-7-15-13(11-20)6-9-18-15/h2-5,8,13,15,18H,6-7,9-11H2,1H3. The van der Waals surface area contributed by atoms with Crippen molar-refractivity contribution in [3.05, 3.63) is 36.0 Å². The summed E-state index contributed by atoms with van der Waals surface area (Å²) in [5, 5.41) is 4.20. The van der Waals surface area contributed by atoms with Crippen LogP contribution in [0, 0.1) is 12.8 Å². The third-order valence-electron chi connectivity index (χ3n) is 5.17. The van der Waals surface area contributed by atoms with Crippen LogP contribution in [0.4, 0.5) is 0 Å². The molecule has 2 unspecified atom stereocenters. The summed E-state index contributed by atoms with van der Waals surface area (Å²) in [5.74, 6) is 0.438. The Morgan fingerprint density at radius 1 is 1.26 bits per heavy atom. The van der Waals surface area contributed by atoms with Gasteiger partial charge in [-0.15, -0.1) is 0 Å². The van der Waals surface area contributed by atoms with Gasteiger partial charge < -0.3 is 5.32 Å². The molecule has 2 saturated heterocycles. The maximum atomic E-state index is 13.2. The van der Waals surface area contributed by atoms with Crippen LogP contribution >= 0.6 is 0 Å². The van der Waals surface area contributed by atoms with Gasteiger partial charge in [-0.2, -0.15) is 4.31 Å². The predicted octanol–water partition coefficient (Wildman–Crippen LogP) is 1.92. The van der Waals surface area contributed by atoms with E-state index in [1.165, 1.54) is 0 Å². The van der Waals surface area contributed by atoms with Crippen LogP contribution in [-0.2, 0) is 10.0 Å². The zero-order chi connectivity index (χ0) is 16.0. The Morgan fingerprint density at radius 2 is 2.13 bits per heavy atom. The normalized spacial score (nSPS) is 25.6. The molecule has 5 nitrogen and oxygen atoms in total. The maximum Gasteiger partial charge on any atom is 0.243 e. The summed E-state index contributed by atoms with van der Waals surface area (Å²) >= 11 is 0. The van der Waals surface area contributed by atoms with Crippen molar-refractivity contribution >= 4 is 20.9 Å². The van der Waals surface area contributed by atoms with Crippen LogP contribution in [0.3, 0.4) is 0 Å². The number of aromatic nitrogens is 1. The Hall–Kier alpha value is -1.50. The molecule has 122 valence electrons. The maximum absolute atomic E-state index is 13.2. The summed E-state index contributed by atoms with van der Waals surface area (Å²) in [6, 6.07) is 7.72. The highest BCUT2D eigenvalue weighted by molar-refractivity contribution is 7.89. The average molecular weight is 331 g/mol. The van der Waals surface area contributed by atoms with E-state index in [2.05, 4.69) is 10.3 Å². The van der Waals surface area contributed by atoms with Crippen LogP contribution in [0.15, 0.2) is 35.4 Å². The van der Waals surface area contributed by atoms with Crippen molar-refractivity contribution in [2.24, 2.45) is 5.92 Å². The fourth-order valence-corrected chi connectivity index (χ4v) is 5.58. The van der Waals surface area contributed by atoms with Gasteiger partial charge in [-0.1, -0.05) is 6.07 Å². The molecule has 0 bridgehead atoms. The van der Waals surface area contributed by atoms with Crippen molar-refractivity contribution in [3.63, 3.8) is 0 Å². The lowest BCUT2D eigenvalue weighted by Crippen LogP contribution is -2.46. The Balaban J connectivity index is 1.76. The molecule has 0 aliphatic carbocycles. The molecular weight excluding hydrogens is 310 g/mol. The fraction of sp³-hybridized carbons (Fsp3) is 0.471. The fourth-order valence-electron chi connectivity index (χ4n) is 3.88. The van der Waals surface area contributed by atoms with Gasteiger partial charge in [0, 0.05) is 30.7 Å². The SMILES string of the molecule is Cc1ccc(S(=O)(=O)N2CCC3NCCC3C2)c2cccnc12. The summed E-state index contributed by atoms with van der Waals surface area (Å²) < 4.78 is 28.0. The molecule has 2 atom stereocenters. The van der Waals surface area contributed by atoms with Crippen LogP contribution in [0.5, 0.6) is 0 Å². The van der Waals surface area contributed by atoms with E-state index >= 15 is 0 Å². The van der Waals surface area contributed by atoms with Crippen molar-refractivity contribution in [2.45, 2.75) is 30.7 Å². The zero-order valence-electron chi connectivity index (χ0n) is 13.2. The lowest BCUT2D eigenvalue weighted by molar-refractivity contribution is 0.247. The number of nitrogens with zero attached hydrogens (tertiary/aromatic N) is 2. The van der Waals surface area contributed by atoms with Gasteiger partial charge in [0.25, 0.3) is 0 Å². The van der Waals surface area contributed by atoms with Crippen LogP contribution in [0.25, 0.3) is 10.9 Å². The van der Waals surface area contributed by atoms with Crippen LogP contribution in [-0.4, -0.2) is 43.4 Å². The number of hydrogen-bond acceptors (Lipinski definition) is 4. The Morgan fingerprint density at radius 3 is 3.00 bits per heavy atom. The first-order valence-corrected chi connectivity index (χ1v) is 9.59. The molecule has 0 saturated carbocycles. The summed E-state index contributed by atoms with van der Waals surface area (Å²) in [6.45, 7) is 4.17. The highest BCUT2D eigenvalue weighted by Gasteiger charge is 2.38. The number of benzene rings is 1. The van der Waals surface area contributed by atoms with Crippen molar-refractivity contribution in [3.8, 4) is 0 Å². The number of piperidine rings is 1. The van der Waals surface area contributed by atoms with Crippen LogP contribution < -0.4 is 5.32 Å². The molecule has 4 rings (SSSR count). The van der Waals surface area contributed by atoms with Gasteiger partial charge in [0.1, 0.15) is 0 Å². The number of pyridine rings is 1. The summed E-state index contributed by atoms with van der Waals surface area (Å²) in [7, 11) is -3.48. The largest absolute Gasteiger partial charge is 0.314 e. The molecule has 0 spiro atoms. The van der Waals surface area contributed by atoms with E-state index in [1.54, 1.807) is 22.6 Å². The van der Waals surface area contributed by atoms with E-state index in [4.69, 9.17) is 0 Å². The third-order valence-corrected chi connectivity index (χ3v) is 7.09. The van der Waals surface area contributed by atoms with Gasteiger partial charge in [0.05, 0.1) is 10.4 Å². The average Bonchev–Trinajstić information content (AvgIpc) is 3.03. The van der Waals surface area contributed by atoms with Gasteiger partial charge in [-0.05, 0) is 56.0 Å². The van der Waals surface area contributed by atoms with E-state index < -0.39 is 10.0 Å². The first-order valence-electron chi connectivity index (χ1n) is 8.15. The van der Waals surface area contributed by atoms with Gasteiger partial charge in [0.2, 0.25) is 10.0 Å². The lowest BCUT2D eigenvalue weighted by atomic mass is 9.95. The summed E-state index contributed by atoms with van der Waals surface area (Å²) in [6.07, 6.45) is 3.67. The predicted molar refractivity (Wildman–Crippen MR) is 89.8 cm³/mol. The minimum absolute atomic E-state index is 0.385. The molecule has 1 aromatic heterocycles. The lowest BCUT2D eigenvalue weighted by Gasteiger charge is -2.34. The van der Waals surface area contributed by atoms with Gasteiger partial charge in [0.15, 0.2) is 0 Å². The number of rotatable bonds is 2. The number of aryl methyl sites for hydroxylation is 1. The van der Waals surface area contributed by atoms with Crippen molar-refractivity contribution in [1.29, 1.82) is 0 Å². The van der Waals surface area contributed by atoms with Crippen LogP contribution in [0.1, 0.15) is 18.4 Å². The molecule has 0 amide bonds. The van der Waals surface area contributed by atoms with Gasteiger partial charge in [-0.3, -0.25) is 4.98 Å². The molecule has 2 aliphatic heterocycles. The molecule has 23 heavy (non-hydrogen) atoms. The number of nitrogens with one attached hydrogen (secondary N) is 1. The van der Waals surface area contributed by atoms with E-state index in [0.717, 1.165) is 35.9 Å². The summed E-state index contributed by atoms with van der Waals surface area (Å²) in [5.41, 5.74) is 1.77. The topological polar surface area (TPSA) is 62.3 Å². The van der Waals surface area contributed by atoms with E-state index in [1.807, 2.05) is 19.1 Å². The van der Waals surface area contributed by atoms with Crippen molar-refractivity contribution < 1.29 is 8.42 Å². The molecule has 6 heteroatoms. The molecule has 0 radical (unpaired) electrons. The molecule has 1 N–H and O–H groups in total. The molecule has 2 aliphatic rings. The number of hydrogen-bond donors (Lipinski definition) is 1. The molecule has 3 heterocycles. The van der Waals surface area contributed by atoms with Crippen molar-refractivity contribution in [1.82, 2.24) is 14.6 Å².